The number of thioether (sulfide) groups is 1. The highest BCUT2D eigenvalue weighted by molar-refractivity contribution is 8.00. The zero-order valence-corrected chi connectivity index (χ0v) is 23.2. The van der Waals surface area contributed by atoms with Crippen molar-refractivity contribution in [2.24, 2.45) is 0 Å². The molecule has 2 heterocycles. The van der Waals surface area contributed by atoms with Crippen molar-refractivity contribution in [3.63, 3.8) is 0 Å². The summed E-state index contributed by atoms with van der Waals surface area (Å²) in [5.74, 6) is -0.218. The Balaban J connectivity index is 1.77. The average molecular weight is 563 g/mol. The molecule has 2 atom stereocenters. The fourth-order valence-corrected chi connectivity index (χ4v) is 5.98. The number of carbonyl (C=O) groups is 2. The first-order chi connectivity index (χ1) is 18.9. The van der Waals surface area contributed by atoms with E-state index in [4.69, 9.17) is 16.7 Å². The van der Waals surface area contributed by atoms with Crippen molar-refractivity contribution in [3.05, 3.63) is 101 Å². The van der Waals surface area contributed by atoms with Gasteiger partial charge in [-0.1, -0.05) is 61.0 Å². The highest BCUT2D eigenvalue weighted by Crippen LogP contribution is 2.48. The maximum Gasteiger partial charge on any atom is 0.240 e. The number of halogens is 2. The second-order valence-corrected chi connectivity index (χ2v) is 11.0. The molecule has 9 heteroatoms. The van der Waals surface area contributed by atoms with Crippen molar-refractivity contribution in [1.82, 2.24) is 15.1 Å². The SMILES string of the molecule is CCC(C)NC(=O)CN1C(=O)CSC(c2cccc(Cl)c2)c2c(-c3ccccc3)nn(-c3ccc(F)cc3)c21. The second-order valence-electron chi connectivity index (χ2n) is 9.44. The molecule has 0 bridgehead atoms. The Morgan fingerprint density at radius 3 is 2.56 bits per heavy atom. The highest BCUT2D eigenvalue weighted by atomic mass is 35.5. The van der Waals surface area contributed by atoms with Crippen LogP contribution in [0.15, 0.2) is 78.9 Å². The van der Waals surface area contributed by atoms with Gasteiger partial charge in [-0.15, -0.1) is 11.8 Å². The van der Waals surface area contributed by atoms with Gasteiger partial charge < -0.3 is 5.32 Å². The van der Waals surface area contributed by atoms with E-state index in [9.17, 15) is 14.0 Å². The van der Waals surface area contributed by atoms with Crippen LogP contribution in [0.2, 0.25) is 5.02 Å². The Morgan fingerprint density at radius 1 is 1.13 bits per heavy atom. The predicted molar refractivity (Wildman–Crippen MR) is 155 cm³/mol. The molecule has 0 spiro atoms. The molecule has 0 aliphatic carbocycles. The summed E-state index contributed by atoms with van der Waals surface area (Å²) in [6, 6.07) is 23.2. The molecule has 6 nitrogen and oxygen atoms in total. The molecule has 2 unspecified atom stereocenters. The van der Waals surface area contributed by atoms with Gasteiger partial charge in [-0.2, -0.15) is 5.10 Å². The zero-order valence-electron chi connectivity index (χ0n) is 21.6. The van der Waals surface area contributed by atoms with Crippen LogP contribution in [0.4, 0.5) is 10.2 Å². The lowest BCUT2D eigenvalue weighted by Gasteiger charge is -2.24. The van der Waals surface area contributed by atoms with Gasteiger partial charge in [0, 0.05) is 22.2 Å². The first-order valence-corrected chi connectivity index (χ1v) is 14.2. The molecule has 3 aromatic carbocycles. The van der Waals surface area contributed by atoms with E-state index in [1.54, 1.807) is 16.8 Å². The van der Waals surface area contributed by atoms with Gasteiger partial charge in [0.25, 0.3) is 0 Å². The van der Waals surface area contributed by atoms with E-state index in [2.05, 4.69) is 5.32 Å². The van der Waals surface area contributed by atoms with Crippen LogP contribution in [0.1, 0.15) is 36.6 Å². The maximum atomic E-state index is 13.9. The number of nitrogens with zero attached hydrogens (tertiary/aromatic N) is 3. The van der Waals surface area contributed by atoms with Crippen molar-refractivity contribution in [2.75, 3.05) is 17.2 Å². The van der Waals surface area contributed by atoms with E-state index in [0.29, 0.717) is 22.2 Å². The molecule has 2 amide bonds. The molecule has 200 valence electrons. The van der Waals surface area contributed by atoms with E-state index in [-0.39, 0.29) is 41.2 Å². The molecule has 0 fully saturated rings. The van der Waals surface area contributed by atoms with Crippen molar-refractivity contribution >= 4 is 41.0 Å². The van der Waals surface area contributed by atoms with Crippen molar-refractivity contribution < 1.29 is 14.0 Å². The molecular weight excluding hydrogens is 535 g/mol. The van der Waals surface area contributed by atoms with Crippen molar-refractivity contribution in [2.45, 2.75) is 31.6 Å². The minimum absolute atomic E-state index is 0.0328. The number of carbonyl (C=O) groups excluding carboxylic acids is 2. The van der Waals surface area contributed by atoms with E-state index in [1.165, 1.54) is 28.8 Å². The van der Waals surface area contributed by atoms with Gasteiger partial charge in [-0.3, -0.25) is 14.5 Å². The number of aromatic nitrogens is 2. The van der Waals surface area contributed by atoms with Crippen LogP contribution >= 0.6 is 23.4 Å². The first kappa shape index (κ1) is 27.0. The van der Waals surface area contributed by atoms with E-state index in [0.717, 1.165) is 23.1 Å². The molecule has 0 saturated heterocycles. The summed E-state index contributed by atoms with van der Waals surface area (Å²) in [5, 5.41) is 8.25. The molecule has 5 rings (SSSR count). The summed E-state index contributed by atoms with van der Waals surface area (Å²) in [6.07, 6.45) is 0.767. The van der Waals surface area contributed by atoms with Gasteiger partial charge in [0.1, 0.15) is 18.2 Å². The Bertz CT molecular complexity index is 1490. The standard InChI is InChI=1S/C30H28ClFN4O2S/c1-3-19(2)33-25(37)17-35-26(38)18-39-29(21-10-7-11-22(31)16-21)27-28(20-8-5-4-6-9-20)34-36(30(27)35)24-14-12-23(32)13-15-24/h4-16,19,29H,3,17-18H2,1-2H3,(H,33,37). The smallest absolute Gasteiger partial charge is 0.240 e. The molecule has 1 N–H and O–H groups in total. The third kappa shape index (κ3) is 5.72. The number of hydrogen-bond acceptors (Lipinski definition) is 4. The van der Waals surface area contributed by atoms with E-state index >= 15 is 0 Å². The number of anilines is 1. The van der Waals surface area contributed by atoms with E-state index in [1.807, 2.05) is 68.4 Å². The molecule has 0 radical (unpaired) electrons. The second kappa shape index (κ2) is 11.6. The number of fused-ring (bicyclic) bond motifs is 1. The predicted octanol–water partition coefficient (Wildman–Crippen LogP) is 6.42. The monoisotopic (exact) mass is 562 g/mol. The van der Waals surface area contributed by atoms with Crippen LogP contribution in [0.3, 0.4) is 0 Å². The average Bonchev–Trinajstić information content (AvgIpc) is 3.26. The summed E-state index contributed by atoms with van der Waals surface area (Å²) in [5.41, 5.74) is 3.82. The quantitative estimate of drug-likeness (QED) is 0.282. The van der Waals surface area contributed by atoms with Crippen LogP contribution in [-0.4, -0.2) is 39.9 Å². The lowest BCUT2D eigenvalue weighted by Crippen LogP contribution is -2.44. The largest absolute Gasteiger partial charge is 0.352 e. The minimum Gasteiger partial charge on any atom is -0.352 e. The number of hydrogen-bond donors (Lipinski definition) is 1. The van der Waals surface area contributed by atoms with Crippen molar-refractivity contribution in [3.8, 4) is 16.9 Å². The van der Waals surface area contributed by atoms with Gasteiger partial charge in [-0.25, -0.2) is 9.07 Å². The fourth-order valence-electron chi connectivity index (χ4n) is 4.59. The number of benzene rings is 3. The molecule has 4 aromatic rings. The maximum absolute atomic E-state index is 13.9. The summed E-state index contributed by atoms with van der Waals surface area (Å²) in [6.45, 7) is 3.75. The number of nitrogens with one attached hydrogen (secondary N) is 1. The Labute approximate surface area is 236 Å². The topological polar surface area (TPSA) is 67.2 Å². The van der Waals surface area contributed by atoms with Crippen LogP contribution < -0.4 is 10.2 Å². The molecule has 39 heavy (non-hydrogen) atoms. The highest BCUT2D eigenvalue weighted by Gasteiger charge is 2.37. The zero-order chi connectivity index (χ0) is 27.5. The normalized spacial score (nSPS) is 15.9. The molecule has 1 aliphatic rings. The third-order valence-electron chi connectivity index (χ3n) is 6.68. The third-order valence-corrected chi connectivity index (χ3v) is 8.17. The number of rotatable bonds is 7. The van der Waals surface area contributed by atoms with Crippen LogP contribution in [0.25, 0.3) is 16.9 Å². The fraction of sp³-hybridized carbons (Fsp3) is 0.233. The molecule has 1 aliphatic heterocycles. The summed E-state index contributed by atoms with van der Waals surface area (Å²) in [7, 11) is 0. The van der Waals surface area contributed by atoms with Gasteiger partial charge in [0.05, 0.1) is 22.4 Å². The van der Waals surface area contributed by atoms with Gasteiger partial charge in [0.2, 0.25) is 11.8 Å². The Hall–Kier alpha value is -3.62. The number of amides is 2. The first-order valence-electron chi connectivity index (χ1n) is 12.8. The van der Waals surface area contributed by atoms with Gasteiger partial charge >= 0.3 is 0 Å². The van der Waals surface area contributed by atoms with E-state index < -0.39 is 0 Å². The van der Waals surface area contributed by atoms with Gasteiger partial charge in [-0.05, 0) is 55.3 Å². The summed E-state index contributed by atoms with van der Waals surface area (Å²) < 4.78 is 15.5. The van der Waals surface area contributed by atoms with Crippen LogP contribution in [0.5, 0.6) is 0 Å². The molecular formula is C30H28ClFN4O2S. The Kier molecular flexibility index (Phi) is 8.04. The lowest BCUT2D eigenvalue weighted by atomic mass is 9.99. The molecule has 1 aromatic heterocycles. The van der Waals surface area contributed by atoms with Crippen LogP contribution in [0, 0.1) is 5.82 Å². The van der Waals surface area contributed by atoms with Crippen LogP contribution in [-0.2, 0) is 9.59 Å². The lowest BCUT2D eigenvalue weighted by molar-refractivity contribution is -0.123. The van der Waals surface area contributed by atoms with Gasteiger partial charge in [0.15, 0.2) is 0 Å². The molecule has 0 saturated carbocycles. The Morgan fingerprint density at radius 2 is 1.87 bits per heavy atom. The summed E-state index contributed by atoms with van der Waals surface area (Å²) >= 11 is 7.87. The summed E-state index contributed by atoms with van der Waals surface area (Å²) in [4.78, 5) is 28.3. The van der Waals surface area contributed by atoms with Crippen molar-refractivity contribution in [1.29, 1.82) is 0 Å². The minimum atomic E-state index is -0.381.